The van der Waals surface area contributed by atoms with E-state index >= 15 is 0 Å². The molecule has 1 aliphatic rings. The summed E-state index contributed by atoms with van der Waals surface area (Å²) in [6.45, 7) is 6.11. The largest absolute Gasteiger partial charge is 0.493 e. The third-order valence-electron chi connectivity index (χ3n) is 2.92. The van der Waals surface area contributed by atoms with Crippen LogP contribution in [0.2, 0.25) is 0 Å². The van der Waals surface area contributed by atoms with Gasteiger partial charge in [0.1, 0.15) is 5.75 Å². The molecule has 0 unspecified atom stereocenters. The summed E-state index contributed by atoms with van der Waals surface area (Å²) in [5.41, 5.74) is 1.54. The topological polar surface area (TPSA) is 55.4 Å². The molecule has 2 rings (SSSR count). The van der Waals surface area contributed by atoms with Gasteiger partial charge in [0.2, 0.25) is 5.91 Å². The summed E-state index contributed by atoms with van der Waals surface area (Å²) in [4.78, 5) is 23.0. The van der Waals surface area contributed by atoms with Crippen LogP contribution in [0, 0.1) is 5.41 Å². The normalized spacial score (nSPS) is 13.7. The van der Waals surface area contributed by atoms with E-state index in [1.54, 1.807) is 12.1 Å². The molecule has 96 valence electrons. The summed E-state index contributed by atoms with van der Waals surface area (Å²) < 4.78 is 5.44. The Morgan fingerprint density at radius 1 is 1.39 bits per heavy atom. The van der Waals surface area contributed by atoms with Crippen LogP contribution in [0.25, 0.3) is 0 Å². The lowest BCUT2D eigenvalue weighted by Gasteiger charge is -2.18. The number of aldehydes is 1. The fourth-order valence-corrected chi connectivity index (χ4v) is 1.76. The Labute approximate surface area is 106 Å². The number of carbonyl (C=O) groups excluding carboxylic acids is 2. The SMILES string of the molecule is CC(C)(C)C(=O)Nc1cc2c(cc1C=O)CCO2. The molecule has 0 atom stereocenters. The minimum atomic E-state index is -0.500. The second-order valence-electron chi connectivity index (χ2n) is 5.47. The molecule has 18 heavy (non-hydrogen) atoms. The van der Waals surface area contributed by atoms with Gasteiger partial charge in [-0.3, -0.25) is 9.59 Å². The molecular weight excluding hydrogens is 230 g/mol. The van der Waals surface area contributed by atoms with Crippen LogP contribution >= 0.6 is 0 Å². The molecule has 0 saturated carbocycles. The zero-order valence-corrected chi connectivity index (χ0v) is 10.9. The molecule has 0 radical (unpaired) electrons. The summed E-state index contributed by atoms with van der Waals surface area (Å²) in [6.07, 6.45) is 1.57. The maximum absolute atomic E-state index is 11.9. The molecule has 0 spiro atoms. The van der Waals surface area contributed by atoms with Gasteiger partial charge >= 0.3 is 0 Å². The second-order valence-corrected chi connectivity index (χ2v) is 5.47. The van der Waals surface area contributed by atoms with Crippen LogP contribution in [0.3, 0.4) is 0 Å². The quantitative estimate of drug-likeness (QED) is 0.816. The highest BCUT2D eigenvalue weighted by Gasteiger charge is 2.23. The van der Waals surface area contributed by atoms with Gasteiger partial charge in [-0.1, -0.05) is 20.8 Å². The molecule has 0 fully saturated rings. The van der Waals surface area contributed by atoms with Crippen molar-refractivity contribution in [1.82, 2.24) is 0 Å². The molecule has 1 heterocycles. The Kier molecular flexibility index (Phi) is 3.11. The lowest BCUT2D eigenvalue weighted by Crippen LogP contribution is -2.28. The van der Waals surface area contributed by atoms with Gasteiger partial charge in [0.25, 0.3) is 0 Å². The number of hydrogen-bond donors (Lipinski definition) is 1. The molecule has 1 aliphatic heterocycles. The molecule has 0 saturated heterocycles. The number of rotatable bonds is 2. The highest BCUT2D eigenvalue weighted by atomic mass is 16.5. The molecule has 0 aliphatic carbocycles. The van der Waals surface area contributed by atoms with Gasteiger partial charge in [0.05, 0.1) is 12.3 Å². The molecule has 1 amide bonds. The van der Waals surface area contributed by atoms with Crippen molar-refractivity contribution in [2.24, 2.45) is 5.41 Å². The molecule has 1 aromatic rings. The lowest BCUT2D eigenvalue weighted by molar-refractivity contribution is -0.123. The molecule has 0 aromatic heterocycles. The van der Waals surface area contributed by atoms with Crippen LogP contribution in [0.15, 0.2) is 12.1 Å². The standard InChI is InChI=1S/C14H17NO3/c1-14(2,3)13(17)15-11-7-12-9(4-5-18-12)6-10(11)8-16/h6-8H,4-5H2,1-3H3,(H,15,17). The maximum Gasteiger partial charge on any atom is 0.229 e. The zero-order valence-electron chi connectivity index (χ0n) is 10.9. The van der Waals surface area contributed by atoms with Crippen LogP contribution in [0.5, 0.6) is 5.75 Å². The van der Waals surface area contributed by atoms with Crippen LogP contribution in [0.1, 0.15) is 36.7 Å². The predicted octanol–water partition coefficient (Wildman–Crippen LogP) is 2.42. The molecule has 4 nitrogen and oxygen atoms in total. The van der Waals surface area contributed by atoms with Crippen molar-refractivity contribution in [2.45, 2.75) is 27.2 Å². The number of amides is 1. The number of benzene rings is 1. The summed E-state index contributed by atoms with van der Waals surface area (Å²) in [5, 5.41) is 2.78. The maximum atomic E-state index is 11.9. The number of carbonyl (C=O) groups is 2. The highest BCUT2D eigenvalue weighted by Crippen LogP contribution is 2.31. The minimum Gasteiger partial charge on any atom is -0.493 e. The third-order valence-corrected chi connectivity index (χ3v) is 2.92. The van der Waals surface area contributed by atoms with E-state index in [0.717, 1.165) is 24.0 Å². The van der Waals surface area contributed by atoms with Gasteiger partial charge in [-0.2, -0.15) is 0 Å². The summed E-state index contributed by atoms with van der Waals surface area (Å²) in [7, 11) is 0. The van der Waals surface area contributed by atoms with E-state index in [1.807, 2.05) is 20.8 Å². The fraction of sp³-hybridized carbons (Fsp3) is 0.429. The van der Waals surface area contributed by atoms with Crippen molar-refractivity contribution in [3.05, 3.63) is 23.3 Å². The Balaban J connectivity index is 2.33. The summed E-state index contributed by atoms with van der Waals surface area (Å²) in [6, 6.07) is 3.52. The van der Waals surface area contributed by atoms with E-state index in [9.17, 15) is 9.59 Å². The summed E-state index contributed by atoms with van der Waals surface area (Å²) >= 11 is 0. The lowest BCUT2D eigenvalue weighted by atomic mass is 9.95. The molecule has 0 bridgehead atoms. The van der Waals surface area contributed by atoms with Gasteiger partial charge < -0.3 is 10.1 Å². The average molecular weight is 247 g/mol. The Bertz CT molecular complexity index is 500. The van der Waals surface area contributed by atoms with Gasteiger partial charge in [-0.25, -0.2) is 0 Å². The molecule has 1 aromatic carbocycles. The van der Waals surface area contributed by atoms with Crippen molar-refractivity contribution < 1.29 is 14.3 Å². The summed E-state index contributed by atoms with van der Waals surface area (Å²) in [5.74, 6) is 0.633. The Morgan fingerprint density at radius 2 is 2.11 bits per heavy atom. The second kappa shape index (κ2) is 4.44. The van der Waals surface area contributed by atoms with Gasteiger partial charge in [-0.05, 0) is 11.6 Å². The predicted molar refractivity (Wildman–Crippen MR) is 69.1 cm³/mol. The first-order valence-electron chi connectivity index (χ1n) is 5.98. The average Bonchev–Trinajstić information content (AvgIpc) is 2.73. The van der Waals surface area contributed by atoms with E-state index in [1.165, 1.54) is 0 Å². The molecular formula is C14H17NO3. The number of anilines is 1. The smallest absolute Gasteiger partial charge is 0.229 e. The number of nitrogens with one attached hydrogen (secondary N) is 1. The van der Waals surface area contributed by atoms with Gasteiger partial charge in [0.15, 0.2) is 6.29 Å². The Morgan fingerprint density at radius 3 is 2.72 bits per heavy atom. The number of fused-ring (bicyclic) bond motifs is 1. The molecule has 4 heteroatoms. The first-order chi connectivity index (χ1) is 8.41. The highest BCUT2D eigenvalue weighted by molar-refractivity contribution is 5.99. The number of hydrogen-bond acceptors (Lipinski definition) is 3. The minimum absolute atomic E-state index is 0.122. The van der Waals surface area contributed by atoms with E-state index in [4.69, 9.17) is 4.74 Å². The monoisotopic (exact) mass is 247 g/mol. The van der Waals surface area contributed by atoms with Crippen molar-refractivity contribution >= 4 is 17.9 Å². The van der Waals surface area contributed by atoms with E-state index in [2.05, 4.69) is 5.32 Å². The Hall–Kier alpha value is -1.84. The van der Waals surface area contributed by atoms with Crippen LogP contribution < -0.4 is 10.1 Å². The third kappa shape index (κ3) is 2.37. The van der Waals surface area contributed by atoms with Crippen molar-refractivity contribution in [3.63, 3.8) is 0 Å². The fourth-order valence-electron chi connectivity index (χ4n) is 1.76. The van der Waals surface area contributed by atoms with E-state index in [0.29, 0.717) is 17.9 Å². The first kappa shape index (κ1) is 12.6. The van der Waals surface area contributed by atoms with Gasteiger partial charge in [0, 0.05) is 23.5 Å². The van der Waals surface area contributed by atoms with Crippen molar-refractivity contribution in [1.29, 1.82) is 0 Å². The van der Waals surface area contributed by atoms with Crippen LogP contribution in [-0.4, -0.2) is 18.8 Å². The zero-order chi connectivity index (χ0) is 13.3. The first-order valence-corrected chi connectivity index (χ1v) is 5.98. The number of ether oxygens (including phenoxy) is 1. The van der Waals surface area contributed by atoms with Crippen LogP contribution in [-0.2, 0) is 11.2 Å². The van der Waals surface area contributed by atoms with E-state index in [-0.39, 0.29) is 5.91 Å². The van der Waals surface area contributed by atoms with Crippen LogP contribution in [0.4, 0.5) is 5.69 Å². The molecule has 1 N–H and O–H groups in total. The van der Waals surface area contributed by atoms with Crippen molar-refractivity contribution in [3.8, 4) is 5.75 Å². The van der Waals surface area contributed by atoms with Crippen molar-refractivity contribution in [2.75, 3.05) is 11.9 Å². The van der Waals surface area contributed by atoms with Gasteiger partial charge in [-0.15, -0.1) is 0 Å². The van der Waals surface area contributed by atoms with E-state index < -0.39 is 5.41 Å².